The number of carbonyl (C=O) groups is 3. The highest BCUT2D eigenvalue weighted by Gasteiger charge is 2.36. The molecule has 4 rings (SSSR count). The Morgan fingerprint density at radius 3 is 2.46 bits per heavy atom. The largest absolute Gasteiger partial charge is 0.351 e. The fourth-order valence-electron chi connectivity index (χ4n) is 5.28. The Hall–Kier alpha value is -2.98. The Morgan fingerprint density at radius 2 is 1.82 bits per heavy atom. The molecule has 11 heteroatoms. The van der Waals surface area contributed by atoms with Gasteiger partial charge in [-0.2, -0.15) is 0 Å². The van der Waals surface area contributed by atoms with Crippen molar-refractivity contribution in [3.05, 3.63) is 40.4 Å². The SMILES string of the molecule is CC(=O)N1CCC(NC(=O)C(NC(=O)c2nc(-c3cc(Cl)ccc3F)n3c2CN(C)CCC3)C(C)(C)C)CC1. The molecule has 0 radical (unpaired) electrons. The van der Waals surface area contributed by atoms with Gasteiger partial charge in [0, 0.05) is 44.2 Å². The number of rotatable bonds is 5. The summed E-state index contributed by atoms with van der Waals surface area (Å²) in [5.74, 6) is -0.856. The van der Waals surface area contributed by atoms with E-state index in [-0.39, 0.29) is 29.1 Å². The summed E-state index contributed by atoms with van der Waals surface area (Å²) in [6.45, 7) is 10.2. The third-order valence-corrected chi connectivity index (χ3v) is 7.72. The minimum atomic E-state index is -0.831. The predicted molar refractivity (Wildman–Crippen MR) is 148 cm³/mol. The van der Waals surface area contributed by atoms with E-state index in [9.17, 15) is 18.8 Å². The highest BCUT2D eigenvalue weighted by Crippen LogP contribution is 2.30. The van der Waals surface area contributed by atoms with E-state index in [4.69, 9.17) is 11.6 Å². The smallest absolute Gasteiger partial charge is 0.272 e. The fourth-order valence-corrected chi connectivity index (χ4v) is 5.45. The molecular formula is C28H38ClFN6O3. The van der Waals surface area contributed by atoms with Gasteiger partial charge in [-0.05, 0) is 56.5 Å². The molecule has 2 aliphatic rings. The van der Waals surface area contributed by atoms with Gasteiger partial charge in [-0.1, -0.05) is 32.4 Å². The molecule has 2 aromatic rings. The molecule has 1 fully saturated rings. The highest BCUT2D eigenvalue weighted by atomic mass is 35.5. The number of nitrogens with one attached hydrogen (secondary N) is 2. The lowest BCUT2D eigenvalue weighted by Crippen LogP contribution is -2.57. The molecular weight excluding hydrogens is 523 g/mol. The molecule has 212 valence electrons. The van der Waals surface area contributed by atoms with Crippen molar-refractivity contribution >= 4 is 29.3 Å². The van der Waals surface area contributed by atoms with Gasteiger partial charge in [0.05, 0.1) is 11.3 Å². The lowest BCUT2D eigenvalue weighted by molar-refractivity contribution is -0.130. The van der Waals surface area contributed by atoms with Crippen LogP contribution in [0.2, 0.25) is 5.02 Å². The normalized spacial score (nSPS) is 17.8. The average Bonchev–Trinajstić information content (AvgIpc) is 3.09. The highest BCUT2D eigenvalue weighted by molar-refractivity contribution is 6.30. The fraction of sp³-hybridized carbons (Fsp3) is 0.571. The van der Waals surface area contributed by atoms with Crippen molar-refractivity contribution in [3.8, 4) is 11.4 Å². The van der Waals surface area contributed by atoms with Crippen LogP contribution < -0.4 is 10.6 Å². The van der Waals surface area contributed by atoms with Gasteiger partial charge in [-0.3, -0.25) is 14.4 Å². The average molecular weight is 561 g/mol. The molecule has 0 saturated carbocycles. The van der Waals surface area contributed by atoms with Crippen LogP contribution in [-0.4, -0.2) is 75.8 Å². The van der Waals surface area contributed by atoms with E-state index in [1.165, 1.54) is 18.2 Å². The first-order valence-corrected chi connectivity index (χ1v) is 13.8. The summed E-state index contributed by atoms with van der Waals surface area (Å²) in [6, 6.07) is 3.38. The molecule has 3 amide bonds. The topological polar surface area (TPSA) is 99.6 Å². The van der Waals surface area contributed by atoms with Crippen LogP contribution in [0.15, 0.2) is 18.2 Å². The van der Waals surface area contributed by atoms with Crippen molar-refractivity contribution in [2.75, 3.05) is 26.7 Å². The minimum absolute atomic E-state index is 0.0291. The Balaban J connectivity index is 1.61. The number of halogens is 2. The molecule has 39 heavy (non-hydrogen) atoms. The van der Waals surface area contributed by atoms with Crippen LogP contribution >= 0.6 is 11.6 Å². The number of fused-ring (bicyclic) bond motifs is 1. The van der Waals surface area contributed by atoms with Gasteiger partial charge in [0.25, 0.3) is 5.91 Å². The molecule has 0 spiro atoms. The summed E-state index contributed by atoms with van der Waals surface area (Å²) in [6.07, 6.45) is 2.13. The van der Waals surface area contributed by atoms with Crippen molar-refractivity contribution in [3.63, 3.8) is 0 Å². The molecule has 0 aliphatic carbocycles. The number of amides is 3. The second-order valence-electron chi connectivity index (χ2n) is 11.7. The van der Waals surface area contributed by atoms with Crippen LogP contribution in [0.3, 0.4) is 0 Å². The number of imidazole rings is 1. The number of nitrogens with zero attached hydrogens (tertiary/aromatic N) is 4. The molecule has 1 atom stereocenters. The molecule has 2 N–H and O–H groups in total. The van der Waals surface area contributed by atoms with Crippen molar-refractivity contribution in [1.29, 1.82) is 0 Å². The quantitative estimate of drug-likeness (QED) is 0.583. The van der Waals surface area contributed by atoms with Crippen molar-refractivity contribution in [2.24, 2.45) is 5.41 Å². The number of hydrogen-bond acceptors (Lipinski definition) is 5. The molecule has 2 aliphatic heterocycles. The maximum absolute atomic E-state index is 14.9. The van der Waals surface area contributed by atoms with Gasteiger partial charge in [0.15, 0.2) is 5.69 Å². The maximum atomic E-state index is 14.9. The summed E-state index contributed by atoms with van der Waals surface area (Å²) in [5.41, 5.74) is 0.491. The summed E-state index contributed by atoms with van der Waals surface area (Å²) in [7, 11) is 1.97. The van der Waals surface area contributed by atoms with Crippen LogP contribution in [-0.2, 0) is 22.7 Å². The van der Waals surface area contributed by atoms with Gasteiger partial charge < -0.3 is 25.0 Å². The van der Waals surface area contributed by atoms with Crippen molar-refractivity contribution in [2.45, 2.75) is 72.1 Å². The molecule has 0 bridgehead atoms. The van der Waals surface area contributed by atoms with E-state index < -0.39 is 23.2 Å². The lowest BCUT2D eigenvalue weighted by Gasteiger charge is -2.35. The van der Waals surface area contributed by atoms with Crippen LogP contribution in [0.5, 0.6) is 0 Å². The molecule has 1 saturated heterocycles. The number of piperidine rings is 1. The Bertz CT molecular complexity index is 1250. The molecule has 1 aromatic carbocycles. The van der Waals surface area contributed by atoms with E-state index in [2.05, 4.69) is 20.5 Å². The van der Waals surface area contributed by atoms with Crippen LogP contribution in [0.4, 0.5) is 4.39 Å². The lowest BCUT2D eigenvalue weighted by atomic mass is 9.85. The number of hydrogen-bond donors (Lipinski definition) is 2. The summed E-state index contributed by atoms with van der Waals surface area (Å²) >= 11 is 6.18. The van der Waals surface area contributed by atoms with Gasteiger partial charge >= 0.3 is 0 Å². The Labute approximate surface area is 234 Å². The zero-order chi connectivity index (χ0) is 28.5. The number of aromatic nitrogens is 2. The van der Waals surface area contributed by atoms with E-state index in [0.29, 0.717) is 55.6 Å². The monoisotopic (exact) mass is 560 g/mol. The zero-order valence-corrected chi connectivity index (χ0v) is 24.1. The molecule has 3 heterocycles. The van der Waals surface area contributed by atoms with Crippen LogP contribution in [0.25, 0.3) is 11.4 Å². The second-order valence-corrected chi connectivity index (χ2v) is 12.1. The number of carbonyl (C=O) groups excluding carboxylic acids is 3. The van der Waals surface area contributed by atoms with Crippen molar-refractivity contribution in [1.82, 2.24) is 30.0 Å². The molecule has 1 unspecified atom stereocenters. The maximum Gasteiger partial charge on any atom is 0.272 e. The van der Waals surface area contributed by atoms with E-state index in [1.54, 1.807) is 11.8 Å². The minimum Gasteiger partial charge on any atom is -0.351 e. The van der Waals surface area contributed by atoms with Gasteiger partial charge in [0.2, 0.25) is 11.8 Å². The van der Waals surface area contributed by atoms with Gasteiger partial charge in [0.1, 0.15) is 17.7 Å². The first kappa shape index (κ1) is 29.0. The van der Waals surface area contributed by atoms with Gasteiger partial charge in [-0.15, -0.1) is 0 Å². The van der Waals surface area contributed by atoms with Gasteiger partial charge in [-0.25, -0.2) is 9.37 Å². The summed E-state index contributed by atoms with van der Waals surface area (Å²) < 4.78 is 16.8. The Kier molecular flexibility index (Phi) is 8.66. The Morgan fingerprint density at radius 1 is 1.13 bits per heavy atom. The molecule has 1 aromatic heterocycles. The van der Waals surface area contributed by atoms with Crippen molar-refractivity contribution < 1.29 is 18.8 Å². The van der Waals surface area contributed by atoms with E-state index >= 15 is 0 Å². The first-order chi connectivity index (χ1) is 18.3. The summed E-state index contributed by atoms with van der Waals surface area (Å²) in [5, 5.41) is 6.39. The number of likely N-dealkylation sites (tertiary alicyclic amines) is 1. The predicted octanol–water partition coefficient (Wildman–Crippen LogP) is 3.45. The molecule has 9 nitrogen and oxygen atoms in total. The number of benzene rings is 1. The summed E-state index contributed by atoms with van der Waals surface area (Å²) in [4.78, 5) is 47.3. The van der Waals surface area contributed by atoms with E-state index in [0.717, 1.165) is 13.0 Å². The standard InChI is InChI=1S/C28H38ClFN6O3/c1-17(37)35-13-9-19(10-14-35)31-27(39)24(28(2,3)4)33-26(38)23-22-16-34(5)11-6-12-36(22)25(32-23)20-15-18(29)7-8-21(20)30/h7-8,15,19,24H,6,9-14,16H2,1-5H3,(H,31,39)(H,33,38). The van der Waals surface area contributed by atoms with E-state index in [1.807, 2.05) is 32.4 Å². The third kappa shape index (κ3) is 6.61. The first-order valence-electron chi connectivity index (χ1n) is 13.4. The third-order valence-electron chi connectivity index (χ3n) is 7.49. The van der Waals surface area contributed by atoms with Crippen LogP contribution in [0.1, 0.15) is 63.1 Å². The van der Waals surface area contributed by atoms with Crippen LogP contribution in [0, 0.1) is 11.2 Å². The second kappa shape index (κ2) is 11.6. The zero-order valence-electron chi connectivity index (χ0n) is 23.3.